The van der Waals surface area contributed by atoms with Crippen molar-refractivity contribution in [2.24, 2.45) is 0 Å². The van der Waals surface area contributed by atoms with Crippen molar-refractivity contribution in [3.05, 3.63) is 47.9 Å². The van der Waals surface area contributed by atoms with Gasteiger partial charge in [0.05, 0.1) is 11.4 Å². The summed E-state index contributed by atoms with van der Waals surface area (Å²) >= 11 is 0. The van der Waals surface area contributed by atoms with E-state index in [4.69, 9.17) is 11.1 Å². The smallest absolute Gasteiger partial charge is 0.248 e. The van der Waals surface area contributed by atoms with Crippen molar-refractivity contribution >= 4 is 23.5 Å². The number of halogens is 1. The number of amides is 1. The summed E-state index contributed by atoms with van der Waals surface area (Å²) < 4.78 is 13.0. The van der Waals surface area contributed by atoms with Crippen LogP contribution < -0.4 is 16.4 Å². The van der Waals surface area contributed by atoms with Crippen LogP contribution >= 0.6 is 0 Å². The average Bonchev–Trinajstić information content (AvgIpc) is 2.39. The number of carbonyl (C=O) groups is 1. The van der Waals surface area contributed by atoms with Crippen molar-refractivity contribution in [2.75, 3.05) is 18.1 Å². The van der Waals surface area contributed by atoms with Crippen molar-refractivity contribution < 1.29 is 9.18 Å². The number of hydrogen-bond donors (Lipinski definition) is 4. The van der Waals surface area contributed by atoms with Gasteiger partial charge in [-0.15, -0.1) is 0 Å². The van der Waals surface area contributed by atoms with Gasteiger partial charge in [-0.05, 0) is 24.3 Å². The summed E-state index contributed by atoms with van der Waals surface area (Å²) in [7, 11) is 1.69. The fourth-order valence-corrected chi connectivity index (χ4v) is 1.29. The predicted octanol–water partition coefficient (Wildman–Crippen LogP) is 1.66. The Morgan fingerprint density at radius 1 is 1.42 bits per heavy atom. The van der Waals surface area contributed by atoms with Crippen LogP contribution in [0.2, 0.25) is 0 Å². The van der Waals surface area contributed by atoms with Crippen LogP contribution in [0.5, 0.6) is 0 Å². The number of rotatable bonds is 5. The Balaban J connectivity index is 2.75. The van der Waals surface area contributed by atoms with Gasteiger partial charge < -0.3 is 21.8 Å². The maximum absolute atomic E-state index is 13.0. The van der Waals surface area contributed by atoms with Gasteiger partial charge in [0.1, 0.15) is 5.82 Å². The largest absolute Gasteiger partial charge is 0.397 e. The summed E-state index contributed by atoms with van der Waals surface area (Å²) in [5.74, 6) is -0.940. The number of allylic oxidation sites excluding steroid dienone is 2. The van der Waals surface area contributed by atoms with Crippen molar-refractivity contribution in [3.8, 4) is 0 Å². The Kier molecular flexibility index (Phi) is 5.28. The van der Waals surface area contributed by atoms with E-state index in [1.807, 2.05) is 0 Å². The number of carbonyl (C=O) groups excluding carboxylic acids is 1. The zero-order chi connectivity index (χ0) is 14.3. The van der Waals surface area contributed by atoms with E-state index in [-0.39, 0.29) is 11.4 Å². The first kappa shape index (κ1) is 14.4. The molecule has 0 aliphatic carbocycles. The predicted molar refractivity (Wildman–Crippen MR) is 74.5 cm³/mol. The van der Waals surface area contributed by atoms with Crippen LogP contribution in [0.25, 0.3) is 0 Å². The van der Waals surface area contributed by atoms with Crippen LogP contribution in [-0.2, 0) is 4.79 Å². The molecule has 0 fully saturated rings. The first-order valence-corrected chi connectivity index (χ1v) is 5.49. The molecule has 0 heterocycles. The molecule has 0 aliphatic heterocycles. The van der Waals surface area contributed by atoms with Gasteiger partial charge in [0.15, 0.2) is 0 Å². The highest BCUT2D eigenvalue weighted by molar-refractivity contribution is 6.02. The molecule has 0 spiro atoms. The Bertz CT molecular complexity index is 537. The van der Waals surface area contributed by atoms with E-state index < -0.39 is 11.7 Å². The molecule has 0 unspecified atom stereocenters. The van der Waals surface area contributed by atoms with Gasteiger partial charge in [0.25, 0.3) is 0 Å². The van der Waals surface area contributed by atoms with E-state index in [1.54, 1.807) is 13.2 Å². The van der Waals surface area contributed by atoms with E-state index in [2.05, 4.69) is 10.6 Å². The second-order valence-electron chi connectivity index (χ2n) is 3.63. The molecule has 1 rings (SSSR count). The number of nitrogen functional groups attached to an aromatic ring is 1. The minimum atomic E-state index is -0.483. The standard InChI is InChI=1S/C13H15FN4O/c1-17-8-9(7-15)2-5-13(19)18-12-6-10(14)3-4-11(12)16/h2-8,15,17H,16H2,1H3,(H,18,19)/b5-2+,9-8-,15-7?. The topological polar surface area (TPSA) is 91.0 Å². The second kappa shape index (κ2) is 6.95. The summed E-state index contributed by atoms with van der Waals surface area (Å²) in [6.45, 7) is 0. The zero-order valence-electron chi connectivity index (χ0n) is 10.4. The summed E-state index contributed by atoms with van der Waals surface area (Å²) in [5, 5.41) is 12.3. The van der Waals surface area contributed by atoms with Crippen molar-refractivity contribution in [3.63, 3.8) is 0 Å². The van der Waals surface area contributed by atoms with Gasteiger partial charge in [0, 0.05) is 31.1 Å². The molecule has 0 radical (unpaired) electrons. The molecule has 1 aromatic carbocycles. The Morgan fingerprint density at radius 2 is 2.16 bits per heavy atom. The van der Waals surface area contributed by atoms with Gasteiger partial charge >= 0.3 is 0 Å². The van der Waals surface area contributed by atoms with E-state index in [0.717, 1.165) is 12.3 Å². The third-order valence-electron chi connectivity index (χ3n) is 2.18. The highest BCUT2D eigenvalue weighted by atomic mass is 19.1. The molecule has 19 heavy (non-hydrogen) atoms. The molecule has 1 aromatic rings. The van der Waals surface area contributed by atoms with Gasteiger partial charge in [-0.3, -0.25) is 4.79 Å². The minimum absolute atomic E-state index is 0.212. The highest BCUT2D eigenvalue weighted by Crippen LogP contribution is 2.19. The van der Waals surface area contributed by atoms with Crippen LogP contribution in [0, 0.1) is 11.2 Å². The zero-order valence-corrected chi connectivity index (χ0v) is 10.4. The monoisotopic (exact) mass is 262 g/mol. The number of nitrogens with two attached hydrogens (primary N) is 1. The number of anilines is 2. The molecular formula is C13H15FN4O. The molecule has 0 aliphatic rings. The summed E-state index contributed by atoms with van der Waals surface area (Å²) in [6.07, 6.45) is 5.34. The molecular weight excluding hydrogens is 247 g/mol. The van der Waals surface area contributed by atoms with Crippen LogP contribution in [0.1, 0.15) is 0 Å². The van der Waals surface area contributed by atoms with Gasteiger partial charge in [-0.1, -0.05) is 0 Å². The minimum Gasteiger partial charge on any atom is -0.397 e. The lowest BCUT2D eigenvalue weighted by Crippen LogP contribution is -2.10. The average molecular weight is 262 g/mol. The molecule has 0 bridgehead atoms. The fourth-order valence-electron chi connectivity index (χ4n) is 1.29. The van der Waals surface area contributed by atoms with Crippen LogP contribution in [0.3, 0.4) is 0 Å². The first-order chi connectivity index (χ1) is 9.06. The molecule has 0 saturated heterocycles. The summed E-state index contributed by atoms with van der Waals surface area (Å²) in [4.78, 5) is 11.6. The van der Waals surface area contributed by atoms with E-state index in [9.17, 15) is 9.18 Å². The molecule has 1 amide bonds. The lowest BCUT2D eigenvalue weighted by molar-refractivity contribution is -0.111. The van der Waals surface area contributed by atoms with Crippen molar-refractivity contribution in [1.29, 1.82) is 5.41 Å². The number of hydrogen-bond acceptors (Lipinski definition) is 4. The summed E-state index contributed by atoms with van der Waals surface area (Å²) in [6, 6.07) is 3.73. The van der Waals surface area contributed by atoms with E-state index in [0.29, 0.717) is 5.57 Å². The van der Waals surface area contributed by atoms with Gasteiger partial charge in [-0.25, -0.2) is 4.39 Å². The van der Waals surface area contributed by atoms with Crippen molar-refractivity contribution in [1.82, 2.24) is 5.32 Å². The fraction of sp³-hybridized carbons (Fsp3) is 0.0769. The second-order valence-corrected chi connectivity index (χ2v) is 3.63. The molecule has 0 aromatic heterocycles. The molecule has 5 N–H and O–H groups in total. The first-order valence-electron chi connectivity index (χ1n) is 5.49. The van der Waals surface area contributed by atoms with E-state index in [1.165, 1.54) is 24.3 Å². The number of nitrogens with one attached hydrogen (secondary N) is 3. The Labute approximate surface area is 110 Å². The third kappa shape index (κ3) is 4.63. The Hall–Kier alpha value is -2.63. The maximum atomic E-state index is 13.0. The SMILES string of the molecule is CN/C=C(C=N)/C=C/C(=O)Nc1cc(F)ccc1N. The molecule has 5 nitrogen and oxygen atoms in total. The van der Waals surface area contributed by atoms with E-state index >= 15 is 0 Å². The normalized spacial score (nSPS) is 11.4. The van der Waals surface area contributed by atoms with Crippen LogP contribution in [0.15, 0.2) is 42.1 Å². The van der Waals surface area contributed by atoms with Crippen LogP contribution in [-0.4, -0.2) is 19.2 Å². The summed E-state index contributed by atoms with van der Waals surface area (Å²) in [5.41, 5.74) is 6.61. The lowest BCUT2D eigenvalue weighted by Gasteiger charge is -2.05. The number of benzene rings is 1. The maximum Gasteiger partial charge on any atom is 0.248 e. The van der Waals surface area contributed by atoms with Crippen LogP contribution in [0.4, 0.5) is 15.8 Å². The molecule has 100 valence electrons. The van der Waals surface area contributed by atoms with Gasteiger partial charge in [-0.2, -0.15) is 0 Å². The Morgan fingerprint density at radius 3 is 2.79 bits per heavy atom. The van der Waals surface area contributed by atoms with Crippen molar-refractivity contribution in [2.45, 2.75) is 0 Å². The highest BCUT2D eigenvalue weighted by Gasteiger charge is 2.03. The molecule has 6 heteroatoms. The quantitative estimate of drug-likeness (QED) is 0.281. The molecule has 0 saturated carbocycles. The van der Waals surface area contributed by atoms with Gasteiger partial charge in [0.2, 0.25) is 5.91 Å². The third-order valence-corrected chi connectivity index (χ3v) is 2.18. The lowest BCUT2D eigenvalue weighted by atomic mass is 10.2. The molecule has 0 atom stereocenters.